The summed E-state index contributed by atoms with van der Waals surface area (Å²) >= 11 is 0. The van der Waals surface area contributed by atoms with Crippen LogP contribution in [0.2, 0.25) is 0 Å². The highest BCUT2D eigenvalue weighted by molar-refractivity contribution is 7.89. The van der Waals surface area contributed by atoms with Gasteiger partial charge in [0.1, 0.15) is 0 Å². The number of amides is 2. The molecule has 9 heteroatoms. The normalized spacial score (nSPS) is 16.5. The monoisotopic (exact) mass is 486 g/mol. The second-order valence-corrected chi connectivity index (χ2v) is 11.4. The number of likely N-dealkylation sites (tertiary alicyclic amines) is 1. The number of aryl methyl sites for hydroxylation is 3. The lowest BCUT2D eigenvalue weighted by Gasteiger charge is -2.31. The minimum atomic E-state index is -3.77. The van der Waals surface area contributed by atoms with Gasteiger partial charge in [-0.25, -0.2) is 12.7 Å². The largest absolute Gasteiger partial charge is 0.381 e. The molecule has 2 aromatic rings. The summed E-state index contributed by atoms with van der Waals surface area (Å²) in [6.07, 6.45) is 1.32. The third-order valence-electron chi connectivity index (χ3n) is 6.48. The molecular formula is C25H34N4O4S. The number of rotatable bonds is 7. The number of benzene rings is 2. The maximum atomic E-state index is 13.3. The first-order valence-corrected chi connectivity index (χ1v) is 12.8. The fourth-order valence-electron chi connectivity index (χ4n) is 4.17. The van der Waals surface area contributed by atoms with Crippen LogP contribution in [-0.2, 0) is 21.4 Å². The topological polar surface area (TPSA) is 113 Å². The Morgan fingerprint density at radius 3 is 2.38 bits per heavy atom. The zero-order valence-corrected chi connectivity index (χ0v) is 21.3. The molecular weight excluding hydrogens is 452 g/mol. The second-order valence-electron chi connectivity index (χ2n) is 9.24. The van der Waals surface area contributed by atoms with E-state index in [1.807, 2.05) is 6.92 Å². The van der Waals surface area contributed by atoms with Gasteiger partial charge in [-0.15, -0.1) is 0 Å². The van der Waals surface area contributed by atoms with E-state index in [1.54, 1.807) is 17.0 Å². The number of anilines is 1. The molecule has 8 nitrogen and oxygen atoms in total. The number of carbonyl (C=O) groups excluding carboxylic acids is 2. The van der Waals surface area contributed by atoms with Crippen molar-refractivity contribution in [1.82, 2.24) is 9.21 Å². The Kier molecular flexibility index (Phi) is 7.67. The Morgan fingerprint density at radius 2 is 1.74 bits per heavy atom. The zero-order chi connectivity index (χ0) is 25.2. The fourth-order valence-corrected chi connectivity index (χ4v) is 5.14. The van der Waals surface area contributed by atoms with E-state index in [-0.39, 0.29) is 22.9 Å². The molecule has 1 saturated heterocycles. The van der Waals surface area contributed by atoms with E-state index in [9.17, 15) is 18.0 Å². The molecule has 0 aliphatic carbocycles. The van der Waals surface area contributed by atoms with Crippen LogP contribution < -0.4 is 11.1 Å². The number of primary amides is 1. The van der Waals surface area contributed by atoms with Gasteiger partial charge in [0, 0.05) is 45.0 Å². The Labute approximate surface area is 202 Å². The van der Waals surface area contributed by atoms with Gasteiger partial charge >= 0.3 is 0 Å². The quantitative estimate of drug-likeness (QED) is 0.625. The molecule has 0 spiro atoms. The van der Waals surface area contributed by atoms with Crippen molar-refractivity contribution in [1.29, 1.82) is 0 Å². The Hall–Kier alpha value is -2.91. The van der Waals surface area contributed by atoms with Gasteiger partial charge in [0.05, 0.1) is 10.8 Å². The third kappa shape index (κ3) is 5.59. The highest BCUT2D eigenvalue weighted by Gasteiger charge is 2.29. The Bertz CT molecular complexity index is 1210. The lowest BCUT2D eigenvalue weighted by Crippen LogP contribution is -2.44. The summed E-state index contributed by atoms with van der Waals surface area (Å²) in [6, 6.07) is 8.85. The van der Waals surface area contributed by atoms with Gasteiger partial charge < -0.3 is 16.0 Å². The number of hydrogen-bond donors (Lipinski definition) is 2. The Morgan fingerprint density at radius 1 is 1.06 bits per heavy atom. The van der Waals surface area contributed by atoms with Gasteiger partial charge in [0.15, 0.2) is 0 Å². The number of sulfonamides is 1. The van der Waals surface area contributed by atoms with E-state index in [1.165, 1.54) is 31.3 Å². The molecule has 2 amide bonds. The standard InChI is InChI=1S/C25H34N4O4S/c1-16-9-18(3)21(10-17(16)2)14-27-22-11-20(12-23(13-22)34(32,33)28(4)5)25(31)29-8-6-7-19(15-29)24(26)30/h9-13,19,27H,6-8,14-15H2,1-5H3,(H2,26,30)/t19-/m1/s1. The lowest BCUT2D eigenvalue weighted by molar-refractivity contribution is -0.123. The summed E-state index contributed by atoms with van der Waals surface area (Å²) in [5.41, 5.74) is 10.9. The van der Waals surface area contributed by atoms with Crippen molar-refractivity contribution in [2.75, 3.05) is 32.5 Å². The molecule has 0 unspecified atom stereocenters. The number of carbonyl (C=O) groups is 2. The van der Waals surface area contributed by atoms with Crippen molar-refractivity contribution in [2.45, 2.75) is 45.1 Å². The van der Waals surface area contributed by atoms with Crippen molar-refractivity contribution in [3.8, 4) is 0 Å². The second kappa shape index (κ2) is 10.1. The van der Waals surface area contributed by atoms with Crippen LogP contribution in [0.1, 0.15) is 45.5 Å². The molecule has 0 aromatic heterocycles. The summed E-state index contributed by atoms with van der Waals surface area (Å²) in [6.45, 7) is 7.38. The first kappa shape index (κ1) is 25.7. The van der Waals surface area contributed by atoms with E-state index in [0.717, 1.165) is 15.4 Å². The predicted octanol–water partition coefficient (Wildman–Crippen LogP) is 2.81. The molecule has 1 aliphatic heterocycles. The summed E-state index contributed by atoms with van der Waals surface area (Å²) in [7, 11) is -0.854. The minimum Gasteiger partial charge on any atom is -0.381 e. The van der Waals surface area contributed by atoms with Gasteiger partial charge in [-0.1, -0.05) is 12.1 Å². The van der Waals surface area contributed by atoms with Crippen LogP contribution in [0.25, 0.3) is 0 Å². The van der Waals surface area contributed by atoms with Crippen LogP contribution >= 0.6 is 0 Å². The van der Waals surface area contributed by atoms with E-state index in [0.29, 0.717) is 31.6 Å². The van der Waals surface area contributed by atoms with Crippen LogP contribution in [-0.4, -0.2) is 56.6 Å². The number of nitrogens with zero attached hydrogens (tertiary/aromatic N) is 2. The van der Waals surface area contributed by atoms with Crippen LogP contribution in [0.4, 0.5) is 5.69 Å². The van der Waals surface area contributed by atoms with Crippen molar-refractivity contribution in [3.63, 3.8) is 0 Å². The SMILES string of the molecule is Cc1cc(C)c(CNc2cc(C(=O)N3CCC[C@@H](C(N)=O)C3)cc(S(=O)(=O)N(C)C)c2)cc1C. The molecule has 3 N–H and O–H groups in total. The van der Waals surface area contributed by atoms with Crippen molar-refractivity contribution >= 4 is 27.5 Å². The molecule has 1 atom stereocenters. The summed E-state index contributed by atoms with van der Waals surface area (Å²) in [5.74, 6) is -1.13. The van der Waals surface area contributed by atoms with Crippen LogP contribution in [0.3, 0.4) is 0 Å². The number of nitrogens with one attached hydrogen (secondary N) is 1. The predicted molar refractivity (Wildman–Crippen MR) is 133 cm³/mol. The maximum Gasteiger partial charge on any atom is 0.253 e. The molecule has 1 heterocycles. The smallest absolute Gasteiger partial charge is 0.253 e. The average Bonchev–Trinajstić information content (AvgIpc) is 2.79. The van der Waals surface area contributed by atoms with Gasteiger partial charge in [-0.3, -0.25) is 9.59 Å². The van der Waals surface area contributed by atoms with Gasteiger partial charge in [0.2, 0.25) is 15.9 Å². The molecule has 2 aromatic carbocycles. The van der Waals surface area contributed by atoms with Gasteiger partial charge in [0.25, 0.3) is 5.91 Å². The average molecular weight is 487 g/mol. The van der Waals surface area contributed by atoms with Gasteiger partial charge in [-0.05, 0) is 74.1 Å². The maximum absolute atomic E-state index is 13.3. The Balaban J connectivity index is 1.95. The molecule has 3 rings (SSSR count). The number of piperidine rings is 1. The lowest BCUT2D eigenvalue weighted by atomic mass is 9.97. The minimum absolute atomic E-state index is 0.0334. The van der Waals surface area contributed by atoms with Crippen molar-refractivity contribution < 1.29 is 18.0 Å². The molecule has 0 radical (unpaired) electrons. The third-order valence-corrected chi connectivity index (χ3v) is 8.27. The molecule has 0 saturated carbocycles. The summed E-state index contributed by atoms with van der Waals surface area (Å²) in [5, 5.41) is 3.30. The van der Waals surface area contributed by atoms with E-state index < -0.39 is 21.8 Å². The molecule has 1 aliphatic rings. The first-order chi connectivity index (χ1) is 15.9. The van der Waals surface area contributed by atoms with E-state index in [2.05, 4.69) is 31.3 Å². The fraction of sp³-hybridized carbons (Fsp3) is 0.440. The van der Waals surface area contributed by atoms with Crippen LogP contribution in [0.5, 0.6) is 0 Å². The highest BCUT2D eigenvalue weighted by Crippen LogP contribution is 2.25. The molecule has 184 valence electrons. The summed E-state index contributed by atoms with van der Waals surface area (Å²) < 4.78 is 26.9. The number of hydrogen-bond acceptors (Lipinski definition) is 5. The van der Waals surface area contributed by atoms with Crippen molar-refractivity contribution in [2.24, 2.45) is 11.7 Å². The van der Waals surface area contributed by atoms with Crippen LogP contribution in [0.15, 0.2) is 35.2 Å². The summed E-state index contributed by atoms with van der Waals surface area (Å²) in [4.78, 5) is 26.6. The van der Waals surface area contributed by atoms with Crippen molar-refractivity contribution in [3.05, 3.63) is 58.1 Å². The first-order valence-electron chi connectivity index (χ1n) is 11.4. The number of nitrogens with two attached hydrogens (primary N) is 1. The van der Waals surface area contributed by atoms with Gasteiger partial charge in [-0.2, -0.15) is 0 Å². The molecule has 0 bridgehead atoms. The molecule has 1 fully saturated rings. The zero-order valence-electron chi connectivity index (χ0n) is 20.5. The highest BCUT2D eigenvalue weighted by atomic mass is 32.2. The van der Waals surface area contributed by atoms with Crippen LogP contribution in [0, 0.1) is 26.7 Å². The van der Waals surface area contributed by atoms with E-state index in [4.69, 9.17) is 5.73 Å². The van der Waals surface area contributed by atoms with E-state index >= 15 is 0 Å². The molecule has 34 heavy (non-hydrogen) atoms.